The van der Waals surface area contributed by atoms with Crippen molar-refractivity contribution >= 4 is 17.4 Å². The first kappa shape index (κ1) is 20.9. The first-order valence-corrected chi connectivity index (χ1v) is 10.3. The number of ketones is 1. The van der Waals surface area contributed by atoms with Crippen LogP contribution in [0.15, 0.2) is 48.0 Å². The van der Waals surface area contributed by atoms with E-state index in [1.165, 1.54) is 0 Å². The van der Waals surface area contributed by atoms with Crippen molar-refractivity contribution in [2.75, 3.05) is 34.0 Å². The maximum atomic E-state index is 13.1. The van der Waals surface area contributed by atoms with E-state index in [9.17, 15) is 14.7 Å². The van der Waals surface area contributed by atoms with Crippen molar-refractivity contribution in [1.82, 2.24) is 9.80 Å². The second kappa shape index (κ2) is 8.43. The molecule has 0 aromatic heterocycles. The van der Waals surface area contributed by atoms with Crippen LogP contribution in [0.2, 0.25) is 0 Å². The highest BCUT2D eigenvalue weighted by atomic mass is 16.7. The Bertz CT molecular complexity index is 1060. The van der Waals surface area contributed by atoms with Gasteiger partial charge in [-0.15, -0.1) is 0 Å². The van der Waals surface area contributed by atoms with Crippen molar-refractivity contribution in [3.8, 4) is 11.5 Å². The Morgan fingerprint density at radius 3 is 2.65 bits per heavy atom. The predicted molar refractivity (Wildman–Crippen MR) is 116 cm³/mol. The zero-order valence-electron chi connectivity index (χ0n) is 17.9. The number of likely N-dealkylation sites (tertiary alicyclic amines) is 1. The lowest BCUT2D eigenvalue weighted by Crippen LogP contribution is -2.32. The number of nitrogens with zero attached hydrogens (tertiary/aromatic N) is 2. The van der Waals surface area contributed by atoms with E-state index in [1.807, 2.05) is 50.2 Å². The van der Waals surface area contributed by atoms with Crippen LogP contribution in [-0.2, 0) is 9.59 Å². The van der Waals surface area contributed by atoms with Gasteiger partial charge in [0.2, 0.25) is 6.79 Å². The van der Waals surface area contributed by atoms with Gasteiger partial charge in [0.1, 0.15) is 5.76 Å². The summed E-state index contributed by atoms with van der Waals surface area (Å²) in [6, 6.07) is 12.0. The number of benzene rings is 2. The number of amides is 1. The van der Waals surface area contributed by atoms with E-state index in [2.05, 4.69) is 0 Å². The van der Waals surface area contributed by atoms with Crippen molar-refractivity contribution < 1.29 is 24.2 Å². The van der Waals surface area contributed by atoms with Crippen LogP contribution in [0.25, 0.3) is 5.76 Å². The third kappa shape index (κ3) is 4.01. The molecule has 1 atom stereocenters. The summed E-state index contributed by atoms with van der Waals surface area (Å²) in [6.07, 6.45) is 0.715. The number of rotatable bonds is 6. The smallest absolute Gasteiger partial charge is 0.295 e. The second-order valence-corrected chi connectivity index (χ2v) is 8.13. The number of Topliss-reactive ketones (excluding diaryl/α,β-unsaturated/α-hetero) is 1. The van der Waals surface area contributed by atoms with Gasteiger partial charge in [-0.2, -0.15) is 0 Å². The van der Waals surface area contributed by atoms with E-state index < -0.39 is 17.7 Å². The van der Waals surface area contributed by atoms with Crippen LogP contribution in [0, 0.1) is 6.92 Å². The summed E-state index contributed by atoms with van der Waals surface area (Å²) in [5, 5.41) is 11.1. The largest absolute Gasteiger partial charge is 0.507 e. The van der Waals surface area contributed by atoms with Crippen LogP contribution >= 0.6 is 0 Å². The van der Waals surface area contributed by atoms with Crippen LogP contribution in [0.5, 0.6) is 11.5 Å². The summed E-state index contributed by atoms with van der Waals surface area (Å²) in [4.78, 5) is 29.6. The van der Waals surface area contributed by atoms with Gasteiger partial charge in [0.15, 0.2) is 11.5 Å². The lowest BCUT2D eigenvalue weighted by molar-refractivity contribution is -0.139. The Kier molecular flexibility index (Phi) is 5.69. The molecule has 0 aliphatic carbocycles. The number of ether oxygens (including phenoxy) is 2. The maximum absolute atomic E-state index is 13.1. The molecular formula is C24H26N2O5. The number of fused-ring (bicyclic) bond motifs is 1. The number of carbonyl (C=O) groups is 2. The molecule has 4 rings (SSSR count). The average molecular weight is 422 g/mol. The lowest BCUT2D eigenvalue weighted by Gasteiger charge is -2.26. The van der Waals surface area contributed by atoms with Crippen molar-refractivity contribution in [3.63, 3.8) is 0 Å². The molecule has 31 heavy (non-hydrogen) atoms. The van der Waals surface area contributed by atoms with E-state index in [1.54, 1.807) is 23.1 Å². The topological polar surface area (TPSA) is 79.3 Å². The number of carbonyl (C=O) groups excluding carboxylic acids is 2. The summed E-state index contributed by atoms with van der Waals surface area (Å²) in [6.45, 7) is 3.27. The third-order valence-electron chi connectivity index (χ3n) is 5.55. The Morgan fingerprint density at radius 2 is 1.90 bits per heavy atom. The van der Waals surface area contributed by atoms with Gasteiger partial charge < -0.3 is 24.4 Å². The van der Waals surface area contributed by atoms with Crippen molar-refractivity contribution in [1.29, 1.82) is 0 Å². The minimum Gasteiger partial charge on any atom is -0.507 e. The monoisotopic (exact) mass is 422 g/mol. The second-order valence-electron chi connectivity index (χ2n) is 8.13. The van der Waals surface area contributed by atoms with E-state index >= 15 is 0 Å². The van der Waals surface area contributed by atoms with Gasteiger partial charge in [-0.05, 0) is 57.7 Å². The van der Waals surface area contributed by atoms with Crippen LogP contribution in [0.3, 0.4) is 0 Å². The normalized spacial score (nSPS) is 19.5. The number of aliphatic hydroxyl groups excluding tert-OH is 1. The Morgan fingerprint density at radius 1 is 1.13 bits per heavy atom. The number of hydrogen-bond acceptors (Lipinski definition) is 6. The van der Waals surface area contributed by atoms with Gasteiger partial charge in [0.25, 0.3) is 11.7 Å². The van der Waals surface area contributed by atoms with Crippen molar-refractivity contribution in [2.45, 2.75) is 19.4 Å². The van der Waals surface area contributed by atoms with E-state index in [-0.39, 0.29) is 18.1 Å². The molecule has 2 aliphatic heterocycles. The Balaban J connectivity index is 1.79. The molecule has 0 bridgehead atoms. The maximum Gasteiger partial charge on any atom is 0.295 e. The Labute approximate surface area is 181 Å². The molecule has 0 saturated carbocycles. The first-order valence-electron chi connectivity index (χ1n) is 10.3. The minimum atomic E-state index is -0.675. The summed E-state index contributed by atoms with van der Waals surface area (Å²) >= 11 is 0. The lowest BCUT2D eigenvalue weighted by atomic mass is 9.94. The fraction of sp³-hybridized carbons (Fsp3) is 0.333. The van der Waals surface area contributed by atoms with Crippen LogP contribution < -0.4 is 9.47 Å². The highest BCUT2D eigenvalue weighted by Crippen LogP contribution is 2.41. The quantitative estimate of drug-likeness (QED) is 0.438. The molecule has 1 unspecified atom stereocenters. The fourth-order valence-corrected chi connectivity index (χ4v) is 4.05. The van der Waals surface area contributed by atoms with Crippen molar-refractivity contribution in [2.24, 2.45) is 0 Å². The summed E-state index contributed by atoms with van der Waals surface area (Å²) in [5.41, 5.74) is 2.32. The SMILES string of the molecule is Cc1cccc(C2/C(=C(/O)c3ccc4c(c3)OCO4)C(=O)C(=O)N2CCCN(C)C)c1. The third-order valence-corrected chi connectivity index (χ3v) is 5.55. The standard InChI is InChI=1S/C24H26N2O5/c1-15-6-4-7-16(12-15)21-20(23(28)24(29)26(21)11-5-10-25(2)3)22(27)17-8-9-18-19(13-17)31-14-30-18/h4,6-9,12-13,21,27H,5,10-11,14H2,1-3H3/b22-20-. The zero-order valence-corrected chi connectivity index (χ0v) is 17.9. The molecule has 2 aliphatic rings. The first-order chi connectivity index (χ1) is 14.9. The molecule has 0 radical (unpaired) electrons. The molecule has 7 heteroatoms. The highest BCUT2D eigenvalue weighted by molar-refractivity contribution is 6.46. The van der Waals surface area contributed by atoms with E-state index in [4.69, 9.17) is 9.47 Å². The van der Waals surface area contributed by atoms with Crippen molar-refractivity contribution in [3.05, 3.63) is 64.7 Å². The molecule has 1 N–H and O–H groups in total. The van der Waals surface area contributed by atoms with Crippen LogP contribution in [-0.4, -0.2) is 60.6 Å². The molecule has 1 amide bonds. The van der Waals surface area contributed by atoms with Gasteiger partial charge >= 0.3 is 0 Å². The average Bonchev–Trinajstić information content (AvgIpc) is 3.30. The Hall–Kier alpha value is -3.32. The van der Waals surface area contributed by atoms with E-state index in [0.29, 0.717) is 30.0 Å². The van der Waals surface area contributed by atoms with Gasteiger partial charge in [0, 0.05) is 12.1 Å². The van der Waals surface area contributed by atoms with Gasteiger partial charge in [-0.3, -0.25) is 9.59 Å². The minimum absolute atomic E-state index is 0.0966. The molecule has 162 valence electrons. The molecular weight excluding hydrogens is 396 g/mol. The van der Waals surface area contributed by atoms with Crippen LogP contribution in [0.4, 0.5) is 0 Å². The molecule has 1 saturated heterocycles. The number of aliphatic hydroxyl groups is 1. The molecule has 2 aromatic carbocycles. The summed E-state index contributed by atoms with van der Waals surface area (Å²) in [5.74, 6) is -0.398. The fourth-order valence-electron chi connectivity index (χ4n) is 4.05. The predicted octanol–water partition coefficient (Wildman–Crippen LogP) is 3.10. The zero-order chi connectivity index (χ0) is 22.1. The van der Waals surface area contributed by atoms with Gasteiger partial charge in [-0.1, -0.05) is 29.8 Å². The van der Waals surface area contributed by atoms with Crippen LogP contribution in [0.1, 0.15) is 29.2 Å². The molecule has 0 spiro atoms. The number of aryl methyl sites for hydroxylation is 1. The molecule has 1 fully saturated rings. The van der Waals surface area contributed by atoms with Gasteiger partial charge in [-0.25, -0.2) is 0 Å². The highest BCUT2D eigenvalue weighted by Gasteiger charge is 2.45. The molecule has 2 heterocycles. The molecule has 2 aromatic rings. The van der Waals surface area contributed by atoms with E-state index in [0.717, 1.165) is 17.7 Å². The summed E-state index contributed by atoms with van der Waals surface area (Å²) in [7, 11) is 3.93. The number of hydrogen-bond donors (Lipinski definition) is 1. The van der Waals surface area contributed by atoms with Gasteiger partial charge in [0.05, 0.1) is 11.6 Å². The summed E-state index contributed by atoms with van der Waals surface area (Å²) < 4.78 is 10.7. The molecule has 7 nitrogen and oxygen atoms in total.